The van der Waals surface area contributed by atoms with Gasteiger partial charge in [-0.05, 0) is 12.8 Å². The molecule has 0 aliphatic rings. The maximum Gasteiger partial charge on any atom is 0.188 e. The van der Waals surface area contributed by atoms with Crippen LogP contribution in [0.2, 0.25) is 0 Å². The number of carbonyl (C=O) groups excluding carboxylic acids is 1. The summed E-state index contributed by atoms with van der Waals surface area (Å²) in [6, 6.07) is 0. The van der Waals surface area contributed by atoms with E-state index < -0.39 is 0 Å². The van der Waals surface area contributed by atoms with Crippen LogP contribution in [0.1, 0.15) is 155 Å². The molecule has 0 bridgehead atoms. The summed E-state index contributed by atoms with van der Waals surface area (Å²) in [5.41, 5.74) is 0. The average Bonchev–Trinajstić information content (AvgIpc) is 2.70. The van der Waals surface area contributed by atoms with Gasteiger partial charge in [-0.15, -0.1) is 0 Å². The van der Waals surface area contributed by atoms with Crippen molar-refractivity contribution in [3.05, 3.63) is 0 Å². The Morgan fingerprint density at radius 3 is 1.18 bits per heavy atom. The van der Waals surface area contributed by atoms with E-state index in [4.69, 9.17) is 0 Å². The van der Waals surface area contributed by atoms with Gasteiger partial charge in [0.25, 0.3) is 0 Å². The zero-order chi connectivity index (χ0) is 20.5. The Kier molecular flexibility index (Phi) is 25.1. The predicted molar refractivity (Wildman–Crippen MR) is 130 cm³/mol. The Labute approximate surface area is 182 Å². The standard InChI is InChI=1S/C26H52OS/c1-3-5-7-9-11-13-14-15-16-17-18-20-22-24-26(27)28-25-23-21-19-12-10-8-6-4-2/h3-25H2,1-2H3. The van der Waals surface area contributed by atoms with E-state index in [0.717, 1.165) is 18.6 Å². The molecule has 0 saturated heterocycles. The molecule has 0 aromatic heterocycles. The van der Waals surface area contributed by atoms with Crippen molar-refractivity contribution >= 4 is 16.9 Å². The van der Waals surface area contributed by atoms with Gasteiger partial charge in [0.1, 0.15) is 0 Å². The molecular weight excluding hydrogens is 360 g/mol. The lowest BCUT2D eigenvalue weighted by atomic mass is 10.0. The van der Waals surface area contributed by atoms with Crippen molar-refractivity contribution in [1.82, 2.24) is 0 Å². The first-order valence-electron chi connectivity index (χ1n) is 13.0. The summed E-state index contributed by atoms with van der Waals surface area (Å²) in [7, 11) is 0. The van der Waals surface area contributed by atoms with Gasteiger partial charge in [0.2, 0.25) is 0 Å². The average molecular weight is 413 g/mol. The van der Waals surface area contributed by atoms with Crippen LogP contribution in [0.5, 0.6) is 0 Å². The van der Waals surface area contributed by atoms with Gasteiger partial charge < -0.3 is 0 Å². The number of hydrogen-bond donors (Lipinski definition) is 0. The fourth-order valence-electron chi connectivity index (χ4n) is 3.78. The van der Waals surface area contributed by atoms with Crippen molar-refractivity contribution in [3.63, 3.8) is 0 Å². The highest BCUT2D eigenvalue weighted by atomic mass is 32.2. The van der Waals surface area contributed by atoms with E-state index in [-0.39, 0.29) is 0 Å². The van der Waals surface area contributed by atoms with Gasteiger partial charge in [0.15, 0.2) is 5.12 Å². The first-order chi connectivity index (χ1) is 13.8. The fourth-order valence-corrected chi connectivity index (χ4v) is 4.65. The normalized spacial score (nSPS) is 11.2. The maximum atomic E-state index is 11.9. The van der Waals surface area contributed by atoms with Gasteiger partial charge in [-0.3, -0.25) is 4.79 Å². The highest BCUT2D eigenvalue weighted by molar-refractivity contribution is 8.13. The van der Waals surface area contributed by atoms with Crippen molar-refractivity contribution in [1.29, 1.82) is 0 Å². The Bertz CT molecular complexity index is 303. The Hall–Kier alpha value is 0.0200. The molecule has 0 unspecified atom stereocenters. The van der Waals surface area contributed by atoms with Crippen molar-refractivity contribution in [2.75, 3.05) is 5.75 Å². The minimum Gasteiger partial charge on any atom is -0.287 e. The summed E-state index contributed by atoms with van der Waals surface area (Å²) in [5, 5.41) is 0.436. The third-order valence-corrected chi connectivity index (χ3v) is 6.76. The van der Waals surface area contributed by atoms with Crippen LogP contribution >= 0.6 is 11.8 Å². The molecule has 0 atom stereocenters. The molecule has 0 fully saturated rings. The van der Waals surface area contributed by atoms with Gasteiger partial charge in [-0.25, -0.2) is 0 Å². The molecule has 0 rings (SSSR count). The molecule has 0 radical (unpaired) electrons. The molecule has 0 saturated carbocycles. The molecule has 0 heterocycles. The molecular formula is C26H52OS. The molecule has 0 aliphatic heterocycles. The topological polar surface area (TPSA) is 17.1 Å². The van der Waals surface area contributed by atoms with Crippen LogP contribution in [0.25, 0.3) is 0 Å². The second-order valence-corrected chi connectivity index (χ2v) is 9.84. The van der Waals surface area contributed by atoms with Crippen molar-refractivity contribution in [2.24, 2.45) is 0 Å². The van der Waals surface area contributed by atoms with E-state index in [0.29, 0.717) is 5.12 Å². The zero-order valence-electron chi connectivity index (χ0n) is 19.6. The number of rotatable bonds is 23. The molecule has 0 spiro atoms. The van der Waals surface area contributed by atoms with E-state index in [9.17, 15) is 4.79 Å². The van der Waals surface area contributed by atoms with E-state index in [2.05, 4.69) is 13.8 Å². The van der Waals surface area contributed by atoms with E-state index in [1.165, 1.54) is 128 Å². The Morgan fingerprint density at radius 2 is 0.786 bits per heavy atom. The number of carbonyl (C=O) groups is 1. The smallest absolute Gasteiger partial charge is 0.188 e. The van der Waals surface area contributed by atoms with Crippen LogP contribution in [0.4, 0.5) is 0 Å². The summed E-state index contributed by atoms with van der Waals surface area (Å²) >= 11 is 1.59. The Balaban J connectivity index is 3.13. The number of unbranched alkanes of at least 4 members (excludes halogenated alkanes) is 19. The van der Waals surface area contributed by atoms with Crippen LogP contribution in [0, 0.1) is 0 Å². The van der Waals surface area contributed by atoms with Gasteiger partial charge in [-0.1, -0.05) is 148 Å². The lowest BCUT2D eigenvalue weighted by molar-refractivity contribution is -0.111. The highest BCUT2D eigenvalue weighted by Crippen LogP contribution is 2.16. The van der Waals surface area contributed by atoms with Gasteiger partial charge in [0, 0.05) is 12.2 Å². The van der Waals surface area contributed by atoms with E-state index >= 15 is 0 Å². The second kappa shape index (κ2) is 25.1. The minimum atomic E-state index is 0.436. The van der Waals surface area contributed by atoms with Crippen molar-refractivity contribution in [3.8, 4) is 0 Å². The molecule has 0 aliphatic carbocycles. The second-order valence-electron chi connectivity index (χ2n) is 8.69. The molecule has 0 amide bonds. The first-order valence-corrected chi connectivity index (χ1v) is 14.0. The number of thioether (sulfide) groups is 1. The monoisotopic (exact) mass is 412 g/mol. The lowest BCUT2D eigenvalue weighted by Gasteiger charge is -2.04. The zero-order valence-corrected chi connectivity index (χ0v) is 20.4. The summed E-state index contributed by atoms with van der Waals surface area (Å²) in [6.45, 7) is 4.55. The molecule has 0 aromatic carbocycles. The van der Waals surface area contributed by atoms with Crippen LogP contribution in [0.3, 0.4) is 0 Å². The summed E-state index contributed by atoms with van der Waals surface area (Å²) < 4.78 is 0. The van der Waals surface area contributed by atoms with E-state index in [1.807, 2.05) is 0 Å². The summed E-state index contributed by atoms with van der Waals surface area (Å²) in [6.07, 6.45) is 29.5. The van der Waals surface area contributed by atoms with Crippen molar-refractivity contribution < 1.29 is 4.79 Å². The predicted octanol–water partition coefficient (Wildman–Crippen LogP) is 9.87. The lowest BCUT2D eigenvalue weighted by Crippen LogP contribution is -1.94. The van der Waals surface area contributed by atoms with Crippen molar-refractivity contribution in [2.45, 2.75) is 155 Å². The molecule has 1 nitrogen and oxygen atoms in total. The molecule has 2 heteroatoms. The third kappa shape index (κ3) is 24.1. The maximum absolute atomic E-state index is 11.9. The summed E-state index contributed by atoms with van der Waals surface area (Å²) in [4.78, 5) is 11.9. The third-order valence-electron chi connectivity index (χ3n) is 5.75. The quantitative estimate of drug-likeness (QED) is 0.155. The first kappa shape index (κ1) is 28.0. The van der Waals surface area contributed by atoms with Crippen LogP contribution in [0.15, 0.2) is 0 Å². The van der Waals surface area contributed by atoms with Gasteiger partial charge in [-0.2, -0.15) is 0 Å². The van der Waals surface area contributed by atoms with Crippen LogP contribution in [-0.2, 0) is 4.79 Å². The molecule has 28 heavy (non-hydrogen) atoms. The van der Waals surface area contributed by atoms with E-state index in [1.54, 1.807) is 11.8 Å². The van der Waals surface area contributed by atoms with Crippen LogP contribution in [-0.4, -0.2) is 10.9 Å². The number of hydrogen-bond acceptors (Lipinski definition) is 2. The van der Waals surface area contributed by atoms with Crippen LogP contribution < -0.4 is 0 Å². The SMILES string of the molecule is CCCCCCCCCCCCCCCC(=O)SCCCCCCCCCC. The summed E-state index contributed by atoms with van der Waals surface area (Å²) in [5.74, 6) is 1.05. The largest absolute Gasteiger partial charge is 0.287 e. The van der Waals surface area contributed by atoms with Gasteiger partial charge >= 0.3 is 0 Å². The highest BCUT2D eigenvalue weighted by Gasteiger charge is 2.02. The minimum absolute atomic E-state index is 0.436. The molecule has 168 valence electrons. The molecule has 0 aromatic rings. The fraction of sp³-hybridized carbons (Fsp3) is 0.962. The molecule has 0 N–H and O–H groups in total. The Morgan fingerprint density at radius 1 is 0.464 bits per heavy atom. The van der Waals surface area contributed by atoms with Gasteiger partial charge in [0.05, 0.1) is 0 Å².